The molecule has 0 saturated carbocycles. The molecular weight excluding hydrogens is 216 g/mol. The van der Waals surface area contributed by atoms with Gasteiger partial charge >= 0.3 is 0 Å². The summed E-state index contributed by atoms with van der Waals surface area (Å²) in [6.07, 6.45) is 1.59. The fraction of sp³-hybridized carbons (Fsp3) is 0. The van der Waals surface area contributed by atoms with E-state index in [1.54, 1.807) is 24.4 Å². The van der Waals surface area contributed by atoms with Crippen molar-refractivity contribution in [3.05, 3.63) is 47.5 Å². The van der Waals surface area contributed by atoms with E-state index in [9.17, 15) is 4.79 Å². The van der Waals surface area contributed by atoms with Gasteiger partial charge in [-0.15, -0.1) is 0 Å². The number of carbonyl (C=O) groups is 1. The number of hydrogen-bond acceptors (Lipinski definition) is 3. The zero-order chi connectivity index (χ0) is 10.7. The fourth-order valence-electron chi connectivity index (χ4n) is 1.05. The standard InChI is InChI=1S/C10H7ClN2O2/c11-8-5-4-7(15-8)10(14)13-9-3-1-2-6-12-9/h1-6H,(H,12,13,14). The highest BCUT2D eigenvalue weighted by Crippen LogP contribution is 2.14. The van der Waals surface area contributed by atoms with Gasteiger partial charge in [0.2, 0.25) is 0 Å². The summed E-state index contributed by atoms with van der Waals surface area (Å²) in [6.45, 7) is 0. The van der Waals surface area contributed by atoms with E-state index in [0.717, 1.165) is 0 Å². The van der Waals surface area contributed by atoms with E-state index in [4.69, 9.17) is 16.0 Å². The smallest absolute Gasteiger partial charge is 0.292 e. The average molecular weight is 223 g/mol. The third kappa shape index (κ3) is 2.35. The topological polar surface area (TPSA) is 55.1 Å². The van der Waals surface area contributed by atoms with E-state index in [1.165, 1.54) is 12.1 Å². The minimum absolute atomic E-state index is 0.158. The van der Waals surface area contributed by atoms with Gasteiger partial charge in [0.1, 0.15) is 5.82 Å². The molecule has 5 heteroatoms. The summed E-state index contributed by atoms with van der Waals surface area (Å²) in [5.41, 5.74) is 0. The molecule has 76 valence electrons. The number of amides is 1. The predicted molar refractivity (Wildman–Crippen MR) is 55.9 cm³/mol. The Bertz CT molecular complexity index is 467. The quantitative estimate of drug-likeness (QED) is 0.850. The van der Waals surface area contributed by atoms with Gasteiger partial charge in [0.15, 0.2) is 11.0 Å². The van der Waals surface area contributed by atoms with E-state index in [2.05, 4.69) is 10.3 Å². The van der Waals surface area contributed by atoms with Crippen molar-refractivity contribution < 1.29 is 9.21 Å². The van der Waals surface area contributed by atoms with Gasteiger partial charge in [0.25, 0.3) is 5.91 Å². The van der Waals surface area contributed by atoms with Crippen LogP contribution in [0.15, 0.2) is 40.9 Å². The molecule has 0 aromatic carbocycles. The van der Waals surface area contributed by atoms with Crippen molar-refractivity contribution in [1.29, 1.82) is 0 Å². The first-order chi connectivity index (χ1) is 7.25. The molecule has 0 aliphatic rings. The lowest BCUT2D eigenvalue weighted by Gasteiger charge is -2.00. The Morgan fingerprint density at radius 2 is 2.20 bits per heavy atom. The molecule has 2 aromatic heterocycles. The first-order valence-electron chi connectivity index (χ1n) is 4.23. The lowest BCUT2D eigenvalue weighted by molar-refractivity contribution is 0.0996. The monoisotopic (exact) mass is 222 g/mol. The van der Waals surface area contributed by atoms with Crippen LogP contribution in [0.1, 0.15) is 10.6 Å². The maximum absolute atomic E-state index is 11.5. The summed E-state index contributed by atoms with van der Waals surface area (Å²) in [6, 6.07) is 8.23. The number of rotatable bonds is 2. The second-order valence-electron chi connectivity index (χ2n) is 2.77. The molecule has 15 heavy (non-hydrogen) atoms. The van der Waals surface area contributed by atoms with E-state index in [1.807, 2.05) is 0 Å². The second kappa shape index (κ2) is 4.14. The molecule has 0 radical (unpaired) electrons. The van der Waals surface area contributed by atoms with Crippen LogP contribution in [0.3, 0.4) is 0 Å². The zero-order valence-corrected chi connectivity index (χ0v) is 8.36. The highest BCUT2D eigenvalue weighted by Gasteiger charge is 2.10. The van der Waals surface area contributed by atoms with Crippen LogP contribution in [-0.2, 0) is 0 Å². The normalized spacial score (nSPS) is 9.93. The van der Waals surface area contributed by atoms with Crippen molar-refractivity contribution in [3.8, 4) is 0 Å². The van der Waals surface area contributed by atoms with E-state index >= 15 is 0 Å². The molecule has 0 aliphatic heterocycles. The van der Waals surface area contributed by atoms with Crippen LogP contribution in [0.5, 0.6) is 0 Å². The first kappa shape index (κ1) is 9.73. The van der Waals surface area contributed by atoms with Gasteiger partial charge in [-0.3, -0.25) is 4.79 Å². The largest absolute Gasteiger partial charge is 0.440 e. The van der Waals surface area contributed by atoms with Gasteiger partial charge in [-0.2, -0.15) is 0 Å². The van der Waals surface area contributed by atoms with Gasteiger partial charge in [-0.05, 0) is 35.9 Å². The van der Waals surface area contributed by atoms with Crippen molar-refractivity contribution in [2.24, 2.45) is 0 Å². The molecule has 0 spiro atoms. The van der Waals surface area contributed by atoms with Gasteiger partial charge in [0, 0.05) is 6.20 Å². The molecule has 0 fully saturated rings. The minimum Gasteiger partial charge on any atom is -0.440 e. The molecule has 2 aromatic rings. The molecule has 4 nitrogen and oxygen atoms in total. The van der Waals surface area contributed by atoms with E-state index < -0.39 is 0 Å². The number of pyridine rings is 1. The molecule has 0 bridgehead atoms. The minimum atomic E-state index is -0.374. The summed E-state index contributed by atoms with van der Waals surface area (Å²) in [5, 5.41) is 2.75. The maximum atomic E-state index is 11.5. The SMILES string of the molecule is O=C(Nc1ccccn1)c1ccc(Cl)o1. The Kier molecular flexibility index (Phi) is 2.69. The van der Waals surface area contributed by atoms with Crippen molar-refractivity contribution >= 4 is 23.3 Å². The number of furan rings is 1. The van der Waals surface area contributed by atoms with Crippen molar-refractivity contribution in [2.75, 3.05) is 5.32 Å². The summed E-state index contributed by atoms with van der Waals surface area (Å²) >= 11 is 5.55. The summed E-state index contributed by atoms with van der Waals surface area (Å²) in [5.74, 6) is 0.251. The van der Waals surface area contributed by atoms with Crippen LogP contribution >= 0.6 is 11.6 Å². The Labute approximate surface area is 90.9 Å². The van der Waals surface area contributed by atoms with Crippen LogP contribution in [0.4, 0.5) is 5.82 Å². The van der Waals surface area contributed by atoms with E-state index in [0.29, 0.717) is 5.82 Å². The van der Waals surface area contributed by atoms with Crippen LogP contribution in [0, 0.1) is 0 Å². The van der Waals surface area contributed by atoms with Crippen molar-refractivity contribution in [1.82, 2.24) is 4.98 Å². The van der Waals surface area contributed by atoms with E-state index in [-0.39, 0.29) is 16.9 Å². The van der Waals surface area contributed by atoms with Gasteiger partial charge < -0.3 is 9.73 Å². The number of nitrogens with one attached hydrogen (secondary N) is 1. The third-order valence-corrected chi connectivity index (χ3v) is 1.91. The Morgan fingerprint density at radius 1 is 1.33 bits per heavy atom. The molecule has 2 rings (SSSR count). The lowest BCUT2D eigenvalue weighted by atomic mass is 10.4. The molecule has 0 unspecified atom stereocenters. The number of anilines is 1. The number of halogens is 1. The number of aromatic nitrogens is 1. The van der Waals surface area contributed by atoms with Crippen LogP contribution in [0.25, 0.3) is 0 Å². The van der Waals surface area contributed by atoms with Crippen LogP contribution in [0.2, 0.25) is 5.22 Å². The molecule has 0 saturated heterocycles. The second-order valence-corrected chi connectivity index (χ2v) is 3.15. The van der Waals surface area contributed by atoms with Crippen LogP contribution in [-0.4, -0.2) is 10.9 Å². The first-order valence-corrected chi connectivity index (χ1v) is 4.61. The average Bonchev–Trinajstić information content (AvgIpc) is 2.66. The molecule has 0 aliphatic carbocycles. The Hall–Kier alpha value is -1.81. The zero-order valence-electron chi connectivity index (χ0n) is 7.61. The number of carbonyl (C=O) groups excluding carboxylic acids is 1. The van der Waals surface area contributed by atoms with Crippen molar-refractivity contribution in [3.63, 3.8) is 0 Å². The molecule has 2 heterocycles. The van der Waals surface area contributed by atoms with Crippen LogP contribution < -0.4 is 5.32 Å². The van der Waals surface area contributed by atoms with Gasteiger partial charge in [-0.1, -0.05) is 6.07 Å². The Morgan fingerprint density at radius 3 is 2.80 bits per heavy atom. The number of nitrogens with zero attached hydrogens (tertiary/aromatic N) is 1. The highest BCUT2D eigenvalue weighted by atomic mass is 35.5. The predicted octanol–water partition coefficient (Wildman–Crippen LogP) is 2.58. The molecule has 0 atom stereocenters. The van der Waals surface area contributed by atoms with Gasteiger partial charge in [-0.25, -0.2) is 4.98 Å². The maximum Gasteiger partial charge on any atom is 0.292 e. The third-order valence-electron chi connectivity index (χ3n) is 1.70. The van der Waals surface area contributed by atoms with Crippen molar-refractivity contribution in [2.45, 2.75) is 0 Å². The number of hydrogen-bond donors (Lipinski definition) is 1. The van der Waals surface area contributed by atoms with Gasteiger partial charge in [0.05, 0.1) is 0 Å². The molecule has 1 amide bonds. The Balaban J connectivity index is 2.11. The summed E-state index contributed by atoms with van der Waals surface area (Å²) < 4.78 is 4.94. The molecule has 1 N–H and O–H groups in total. The lowest BCUT2D eigenvalue weighted by Crippen LogP contribution is -2.11. The summed E-state index contributed by atoms with van der Waals surface area (Å²) in [7, 11) is 0. The summed E-state index contributed by atoms with van der Waals surface area (Å²) in [4.78, 5) is 15.5. The highest BCUT2D eigenvalue weighted by molar-refractivity contribution is 6.29. The fourth-order valence-corrected chi connectivity index (χ4v) is 1.20. The molecular formula is C10H7ClN2O2.